The molecule has 1 saturated heterocycles. The van der Waals surface area contributed by atoms with E-state index in [2.05, 4.69) is 24.3 Å². The molecule has 1 fully saturated rings. The van der Waals surface area contributed by atoms with E-state index in [1.54, 1.807) is 6.07 Å². The van der Waals surface area contributed by atoms with Crippen LogP contribution in [-0.4, -0.2) is 30.2 Å². The number of carbonyl (C=O) groups is 1. The van der Waals surface area contributed by atoms with Crippen LogP contribution < -0.4 is 11.2 Å². The van der Waals surface area contributed by atoms with Crippen molar-refractivity contribution < 1.29 is 9.53 Å². The highest BCUT2D eigenvalue weighted by molar-refractivity contribution is 5.98. The van der Waals surface area contributed by atoms with E-state index in [9.17, 15) is 4.79 Å². The third-order valence-corrected chi connectivity index (χ3v) is 3.95. The van der Waals surface area contributed by atoms with Crippen molar-refractivity contribution in [3.05, 3.63) is 23.8 Å². The number of nitrogen functional groups attached to an aromatic ring is 1. The van der Waals surface area contributed by atoms with Crippen molar-refractivity contribution >= 4 is 17.3 Å². The standard InChI is InChI=1S/C15H23N3O2/c1-10-6-4-7-11(2)18(10)17-13-9-5-8-12(14(13)16)15(19)20-3/h5,8-11,17H,4,6-7,16H2,1-3H3. The Morgan fingerprint density at radius 1 is 1.35 bits per heavy atom. The minimum absolute atomic E-state index is 0.398. The maximum atomic E-state index is 11.7. The summed E-state index contributed by atoms with van der Waals surface area (Å²) < 4.78 is 4.74. The number of hydrogen-bond acceptors (Lipinski definition) is 5. The second kappa shape index (κ2) is 6.13. The first-order valence-corrected chi connectivity index (χ1v) is 7.06. The predicted molar refractivity (Wildman–Crippen MR) is 80.4 cm³/mol. The molecule has 5 nitrogen and oxygen atoms in total. The van der Waals surface area contributed by atoms with Crippen LogP contribution in [-0.2, 0) is 4.74 Å². The molecule has 0 amide bonds. The molecule has 1 aliphatic heterocycles. The number of anilines is 2. The average molecular weight is 277 g/mol. The first-order valence-electron chi connectivity index (χ1n) is 7.06. The maximum absolute atomic E-state index is 11.7. The maximum Gasteiger partial charge on any atom is 0.340 e. The van der Waals surface area contributed by atoms with Crippen molar-refractivity contribution in [3.63, 3.8) is 0 Å². The van der Waals surface area contributed by atoms with Crippen LogP contribution in [0.15, 0.2) is 18.2 Å². The van der Waals surface area contributed by atoms with Gasteiger partial charge in [0, 0.05) is 12.1 Å². The Morgan fingerprint density at radius 2 is 2.00 bits per heavy atom. The molecule has 2 unspecified atom stereocenters. The minimum atomic E-state index is -0.411. The van der Waals surface area contributed by atoms with Crippen LogP contribution in [0.5, 0.6) is 0 Å². The van der Waals surface area contributed by atoms with E-state index in [0.29, 0.717) is 23.3 Å². The minimum Gasteiger partial charge on any atom is -0.465 e. The molecular weight excluding hydrogens is 254 g/mol. The Labute approximate surface area is 120 Å². The number of ether oxygens (including phenoxy) is 1. The third kappa shape index (κ3) is 2.88. The molecule has 0 bridgehead atoms. The topological polar surface area (TPSA) is 67.6 Å². The largest absolute Gasteiger partial charge is 0.465 e. The van der Waals surface area contributed by atoms with Crippen molar-refractivity contribution in [1.29, 1.82) is 0 Å². The van der Waals surface area contributed by atoms with Crippen LogP contribution in [0.1, 0.15) is 43.5 Å². The van der Waals surface area contributed by atoms with Crippen LogP contribution in [0.3, 0.4) is 0 Å². The van der Waals surface area contributed by atoms with Gasteiger partial charge in [0.05, 0.1) is 24.0 Å². The summed E-state index contributed by atoms with van der Waals surface area (Å²) in [5, 5.41) is 2.22. The number of para-hydroxylation sites is 1. The van der Waals surface area contributed by atoms with E-state index >= 15 is 0 Å². The third-order valence-electron chi connectivity index (χ3n) is 3.95. The van der Waals surface area contributed by atoms with Crippen molar-refractivity contribution in [2.24, 2.45) is 0 Å². The smallest absolute Gasteiger partial charge is 0.340 e. The molecule has 2 atom stereocenters. The van der Waals surface area contributed by atoms with Crippen molar-refractivity contribution in [1.82, 2.24) is 5.01 Å². The average Bonchev–Trinajstić information content (AvgIpc) is 2.44. The van der Waals surface area contributed by atoms with Gasteiger partial charge in [0.1, 0.15) is 0 Å². The lowest BCUT2D eigenvalue weighted by Crippen LogP contribution is -2.47. The number of esters is 1. The highest BCUT2D eigenvalue weighted by Gasteiger charge is 2.25. The van der Waals surface area contributed by atoms with Crippen LogP contribution >= 0.6 is 0 Å². The van der Waals surface area contributed by atoms with Gasteiger partial charge in [0.15, 0.2) is 0 Å². The van der Waals surface area contributed by atoms with Crippen molar-refractivity contribution in [3.8, 4) is 0 Å². The number of hydrazine groups is 1. The van der Waals surface area contributed by atoms with E-state index in [1.165, 1.54) is 13.5 Å². The number of nitrogens with one attached hydrogen (secondary N) is 1. The monoisotopic (exact) mass is 277 g/mol. The fourth-order valence-corrected chi connectivity index (χ4v) is 2.73. The Kier molecular flexibility index (Phi) is 4.49. The molecule has 5 heteroatoms. The number of piperidine rings is 1. The van der Waals surface area contributed by atoms with E-state index < -0.39 is 5.97 Å². The van der Waals surface area contributed by atoms with Gasteiger partial charge in [-0.15, -0.1) is 0 Å². The molecule has 0 aromatic heterocycles. The quantitative estimate of drug-likeness (QED) is 0.656. The summed E-state index contributed by atoms with van der Waals surface area (Å²) in [6.07, 6.45) is 3.57. The molecular formula is C15H23N3O2. The van der Waals surface area contributed by atoms with Crippen molar-refractivity contribution in [2.45, 2.75) is 45.2 Å². The number of rotatable bonds is 3. The zero-order valence-electron chi connectivity index (χ0n) is 12.3. The summed E-state index contributed by atoms with van der Waals surface area (Å²) in [4.78, 5) is 11.7. The van der Waals surface area contributed by atoms with Gasteiger partial charge in [0.25, 0.3) is 0 Å². The van der Waals surface area contributed by atoms with Crippen LogP contribution in [0, 0.1) is 0 Å². The van der Waals surface area contributed by atoms with Gasteiger partial charge in [-0.25, -0.2) is 9.80 Å². The molecule has 0 saturated carbocycles. The van der Waals surface area contributed by atoms with Crippen LogP contribution in [0.2, 0.25) is 0 Å². The Balaban J connectivity index is 2.23. The second-order valence-electron chi connectivity index (χ2n) is 5.41. The lowest BCUT2D eigenvalue weighted by Gasteiger charge is -2.39. The van der Waals surface area contributed by atoms with Gasteiger partial charge >= 0.3 is 5.97 Å². The number of hydrogen-bond donors (Lipinski definition) is 2. The molecule has 0 radical (unpaired) electrons. The molecule has 1 aliphatic rings. The fourth-order valence-electron chi connectivity index (χ4n) is 2.73. The SMILES string of the molecule is COC(=O)c1cccc(NN2C(C)CCCC2C)c1N. The molecule has 1 heterocycles. The number of nitrogens with zero attached hydrogens (tertiary/aromatic N) is 1. The summed E-state index contributed by atoms with van der Waals surface area (Å²) in [5.41, 5.74) is 11.0. The Morgan fingerprint density at radius 3 is 2.60 bits per heavy atom. The summed E-state index contributed by atoms with van der Waals surface area (Å²) in [6.45, 7) is 4.39. The lowest BCUT2D eigenvalue weighted by atomic mass is 10.00. The number of carbonyl (C=O) groups excluding carboxylic acids is 1. The fraction of sp³-hybridized carbons (Fsp3) is 0.533. The molecule has 110 valence electrons. The summed E-state index contributed by atoms with van der Waals surface area (Å²) in [6, 6.07) is 6.26. The molecule has 1 aromatic carbocycles. The van der Waals surface area contributed by atoms with E-state index in [1.807, 2.05) is 12.1 Å². The zero-order valence-corrected chi connectivity index (χ0v) is 12.3. The van der Waals surface area contributed by atoms with E-state index in [0.717, 1.165) is 18.5 Å². The van der Waals surface area contributed by atoms with Gasteiger partial charge in [-0.2, -0.15) is 0 Å². The normalized spacial score (nSPS) is 23.4. The predicted octanol–water partition coefficient (Wildman–Crippen LogP) is 2.65. The van der Waals surface area contributed by atoms with Crippen LogP contribution in [0.4, 0.5) is 11.4 Å². The lowest BCUT2D eigenvalue weighted by molar-refractivity contribution is 0.0602. The number of nitrogens with two attached hydrogens (primary N) is 1. The number of methoxy groups -OCH3 is 1. The highest BCUT2D eigenvalue weighted by atomic mass is 16.5. The van der Waals surface area contributed by atoms with Gasteiger partial charge < -0.3 is 15.9 Å². The van der Waals surface area contributed by atoms with Crippen LogP contribution in [0.25, 0.3) is 0 Å². The van der Waals surface area contributed by atoms with Gasteiger partial charge in [0.2, 0.25) is 0 Å². The van der Waals surface area contributed by atoms with Gasteiger partial charge in [-0.05, 0) is 38.8 Å². The highest BCUT2D eigenvalue weighted by Crippen LogP contribution is 2.28. The molecule has 0 spiro atoms. The first kappa shape index (κ1) is 14.7. The molecule has 0 aliphatic carbocycles. The molecule has 1 aromatic rings. The Bertz CT molecular complexity index is 480. The zero-order chi connectivity index (χ0) is 14.7. The van der Waals surface area contributed by atoms with E-state index in [4.69, 9.17) is 10.5 Å². The number of benzene rings is 1. The summed E-state index contributed by atoms with van der Waals surface area (Å²) in [7, 11) is 1.36. The summed E-state index contributed by atoms with van der Waals surface area (Å²) in [5.74, 6) is -0.411. The second-order valence-corrected chi connectivity index (χ2v) is 5.41. The van der Waals surface area contributed by atoms with E-state index in [-0.39, 0.29) is 0 Å². The summed E-state index contributed by atoms with van der Waals surface area (Å²) >= 11 is 0. The van der Waals surface area contributed by atoms with Crippen molar-refractivity contribution in [2.75, 3.05) is 18.3 Å². The Hall–Kier alpha value is -1.75. The van der Waals surface area contributed by atoms with Gasteiger partial charge in [-0.1, -0.05) is 12.5 Å². The molecule has 20 heavy (non-hydrogen) atoms. The molecule has 2 rings (SSSR count). The van der Waals surface area contributed by atoms with Gasteiger partial charge in [-0.3, -0.25) is 0 Å². The molecule has 3 N–H and O–H groups in total. The first-order chi connectivity index (χ1) is 9.54.